The Balaban J connectivity index is 5.00. The van der Waals surface area contributed by atoms with Crippen molar-refractivity contribution in [3.8, 4) is 0 Å². The van der Waals surface area contributed by atoms with Crippen molar-refractivity contribution in [2.24, 2.45) is 17.6 Å². The summed E-state index contributed by atoms with van der Waals surface area (Å²) in [6.45, 7) is 11.5. The van der Waals surface area contributed by atoms with E-state index in [0.29, 0.717) is 19.7 Å². The number of ether oxygens (including phenoxy) is 1. The van der Waals surface area contributed by atoms with Crippen LogP contribution in [0.25, 0.3) is 0 Å². The zero-order valence-electron chi connectivity index (χ0n) is 11.2. The predicted molar refractivity (Wildman–Crippen MR) is 66.1 cm³/mol. The number of carbonyl (C=O) groups is 1. The number of esters is 1. The first-order valence-corrected chi connectivity index (χ1v) is 6.05. The van der Waals surface area contributed by atoms with E-state index in [1.54, 1.807) is 0 Å². The molecule has 0 aromatic rings. The van der Waals surface area contributed by atoms with Crippen molar-refractivity contribution in [1.29, 1.82) is 0 Å². The maximum Gasteiger partial charge on any atom is 0.326 e. The highest BCUT2D eigenvalue weighted by Crippen LogP contribution is 2.27. The first-order chi connectivity index (χ1) is 7.43. The first-order valence-electron chi connectivity index (χ1n) is 6.05. The zero-order valence-corrected chi connectivity index (χ0v) is 11.2. The molecule has 0 spiro atoms. The first kappa shape index (κ1) is 15.4. The minimum atomic E-state index is -0.630. The summed E-state index contributed by atoms with van der Waals surface area (Å²) in [5, 5.41) is 3.27. The van der Waals surface area contributed by atoms with E-state index >= 15 is 0 Å². The molecule has 0 aromatic carbocycles. The van der Waals surface area contributed by atoms with Gasteiger partial charge in [0.25, 0.3) is 0 Å². The van der Waals surface area contributed by atoms with E-state index in [4.69, 9.17) is 10.5 Å². The van der Waals surface area contributed by atoms with Crippen molar-refractivity contribution in [2.45, 2.75) is 40.2 Å². The van der Waals surface area contributed by atoms with Crippen molar-refractivity contribution >= 4 is 5.97 Å². The average molecular weight is 230 g/mol. The molecule has 16 heavy (non-hydrogen) atoms. The van der Waals surface area contributed by atoms with Gasteiger partial charge in [0.2, 0.25) is 0 Å². The third kappa shape index (κ3) is 3.19. The second-order valence-electron chi connectivity index (χ2n) is 4.61. The molecule has 0 unspecified atom stereocenters. The van der Waals surface area contributed by atoms with Crippen LogP contribution >= 0.6 is 0 Å². The van der Waals surface area contributed by atoms with Gasteiger partial charge in [0.05, 0.1) is 6.61 Å². The average Bonchev–Trinajstić information content (AvgIpc) is 2.18. The second-order valence-corrected chi connectivity index (χ2v) is 4.61. The van der Waals surface area contributed by atoms with E-state index in [9.17, 15) is 4.79 Å². The number of nitrogens with one attached hydrogen (secondary N) is 1. The molecule has 0 bridgehead atoms. The highest BCUT2D eigenvalue weighted by atomic mass is 16.5. The summed E-state index contributed by atoms with van der Waals surface area (Å²) in [5.74, 6) is 0.157. The van der Waals surface area contributed by atoms with Gasteiger partial charge in [0.15, 0.2) is 0 Å². The number of rotatable bonds is 7. The van der Waals surface area contributed by atoms with Gasteiger partial charge in [-0.3, -0.25) is 4.79 Å². The van der Waals surface area contributed by atoms with Gasteiger partial charge in [-0.1, -0.05) is 27.7 Å². The summed E-state index contributed by atoms with van der Waals surface area (Å²) >= 11 is 0. The Morgan fingerprint density at radius 3 is 2.12 bits per heavy atom. The van der Waals surface area contributed by atoms with Crippen LogP contribution in [0.5, 0.6) is 0 Å². The lowest BCUT2D eigenvalue weighted by Crippen LogP contribution is -2.61. The molecule has 0 aliphatic carbocycles. The smallest absolute Gasteiger partial charge is 0.326 e. The Morgan fingerprint density at radius 2 is 1.81 bits per heavy atom. The van der Waals surface area contributed by atoms with Crippen LogP contribution in [0.2, 0.25) is 0 Å². The molecular weight excluding hydrogens is 204 g/mol. The molecule has 0 aliphatic rings. The van der Waals surface area contributed by atoms with Crippen LogP contribution in [0.3, 0.4) is 0 Å². The maximum atomic E-state index is 12.1. The predicted octanol–water partition coefficient (Wildman–Crippen LogP) is 1.15. The van der Waals surface area contributed by atoms with Gasteiger partial charge in [0, 0.05) is 13.1 Å². The van der Waals surface area contributed by atoms with Crippen molar-refractivity contribution in [1.82, 2.24) is 5.32 Å². The summed E-state index contributed by atoms with van der Waals surface area (Å²) in [6.07, 6.45) is 0. The largest absolute Gasteiger partial charge is 0.465 e. The van der Waals surface area contributed by atoms with Crippen LogP contribution in [0.1, 0.15) is 34.6 Å². The monoisotopic (exact) mass is 230 g/mol. The molecule has 0 amide bonds. The summed E-state index contributed by atoms with van der Waals surface area (Å²) in [5.41, 5.74) is 4.87. The van der Waals surface area contributed by atoms with Crippen molar-refractivity contribution in [2.75, 3.05) is 19.7 Å². The van der Waals surface area contributed by atoms with Crippen LogP contribution in [0.4, 0.5) is 0 Å². The molecule has 3 N–H and O–H groups in total. The lowest BCUT2D eigenvalue weighted by atomic mass is 9.76. The summed E-state index contributed by atoms with van der Waals surface area (Å²) in [4.78, 5) is 12.1. The third-order valence-electron chi connectivity index (χ3n) is 3.00. The zero-order chi connectivity index (χ0) is 12.8. The Morgan fingerprint density at radius 1 is 1.31 bits per heavy atom. The molecule has 0 saturated carbocycles. The lowest BCUT2D eigenvalue weighted by molar-refractivity contribution is -0.156. The van der Waals surface area contributed by atoms with Gasteiger partial charge in [-0.2, -0.15) is 0 Å². The Kier molecular flexibility index (Phi) is 6.60. The minimum absolute atomic E-state index is 0.165. The molecule has 0 saturated heterocycles. The van der Waals surface area contributed by atoms with E-state index in [1.165, 1.54) is 0 Å². The Bertz CT molecular complexity index is 207. The van der Waals surface area contributed by atoms with E-state index in [1.807, 2.05) is 34.6 Å². The third-order valence-corrected chi connectivity index (χ3v) is 3.00. The number of hydrogen-bond donors (Lipinski definition) is 2. The molecule has 4 nitrogen and oxygen atoms in total. The molecule has 4 heteroatoms. The fourth-order valence-electron chi connectivity index (χ4n) is 2.15. The standard InChI is InChI=1S/C12H26N2O2/c1-6-16-11(15)12(9(2)3,10(4)5)14-8-7-13/h9-10,14H,6-8,13H2,1-5H3. The van der Waals surface area contributed by atoms with E-state index in [0.717, 1.165) is 0 Å². The van der Waals surface area contributed by atoms with E-state index in [2.05, 4.69) is 5.32 Å². The highest BCUT2D eigenvalue weighted by molar-refractivity contribution is 5.81. The van der Waals surface area contributed by atoms with Crippen LogP contribution in [0.15, 0.2) is 0 Å². The molecule has 96 valence electrons. The van der Waals surface area contributed by atoms with Gasteiger partial charge >= 0.3 is 5.97 Å². The van der Waals surface area contributed by atoms with Gasteiger partial charge in [0.1, 0.15) is 5.54 Å². The van der Waals surface area contributed by atoms with E-state index < -0.39 is 5.54 Å². The molecule has 0 atom stereocenters. The highest BCUT2D eigenvalue weighted by Gasteiger charge is 2.45. The van der Waals surface area contributed by atoms with Crippen LogP contribution in [-0.2, 0) is 9.53 Å². The van der Waals surface area contributed by atoms with E-state index in [-0.39, 0.29) is 17.8 Å². The molecule has 0 rings (SSSR count). The molecular formula is C12H26N2O2. The molecule has 0 radical (unpaired) electrons. The second kappa shape index (κ2) is 6.86. The van der Waals surface area contributed by atoms with Gasteiger partial charge < -0.3 is 15.8 Å². The van der Waals surface area contributed by atoms with Crippen LogP contribution in [0, 0.1) is 11.8 Å². The minimum Gasteiger partial charge on any atom is -0.465 e. The Hall–Kier alpha value is -0.610. The number of carbonyl (C=O) groups excluding carboxylic acids is 1. The topological polar surface area (TPSA) is 64.3 Å². The van der Waals surface area contributed by atoms with Gasteiger partial charge in [-0.15, -0.1) is 0 Å². The fourth-order valence-corrected chi connectivity index (χ4v) is 2.15. The quantitative estimate of drug-likeness (QED) is 0.644. The molecule has 0 aromatic heterocycles. The molecule has 0 heterocycles. The Labute approximate surface area is 98.9 Å². The summed E-state index contributed by atoms with van der Waals surface area (Å²) in [6, 6.07) is 0. The maximum absolute atomic E-state index is 12.1. The van der Waals surface area contributed by atoms with Crippen molar-refractivity contribution < 1.29 is 9.53 Å². The van der Waals surface area contributed by atoms with Crippen LogP contribution in [-0.4, -0.2) is 31.2 Å². The van der Waals surface area contributed by atoms with Crippen LogP contribution < -0.4 is 11.1 Å². The van der Waals surface area contributed by atoms with Gasteiger partial charge in [-0.25, -0.2) is 0 Å². The number of hydrogen-bond acceptors (Lipinski definition) is 4. The van der Waals surface area contributed by atoms with Crippen molar-refractivity contribution in [3.05, 3.63) is 0 Å². The van der Waals surface area contributed by atoms with Crippen molar-refractivity contribution in [3.63, 3.8) is 0 Å². The molecule has 0 aliphatic heterocycles. The van der Waals surface area contributed by atoms with Gasteiger partial charge in [-0.05, 0) is 18.8 Å². The lowest BCUT2D eigenvalue weighted by Gasteiger charge is -2.39. The molecule has 0 fully saturated rings. The fraction of sp³-hybridized carbons (Fsp3) is 0.917. The normalized spacial score (nSPS) is 12.2. The SMILES string of the molecule is CCOC(=O)C(NCCN)(C(C)C)C(C)C. The summed E-state index contributed by atoms with van der Waals surface area (Å²) < 4.78 is 5.18. The summed E-state index contributed by atoms with van der Waals surface area (Å²) in [7, 11) is 0. The number of nitrogens with two attached hydrogens (primary N) is 1.